The van der Waals surface area contributed by atoms with Gasteiger partial charge >= 0.3 is 0 Å². The van der Waals surface area contributed by atoms with Gasteiger partial charge in [0.05, 0.1) is 12.7 Å². The molecule has 0 spiro atoms. The molecule has 3 atom stereocenters. The third kappa shape index (κ3) is 3.67. The predicted octanol–water partition coefficient (Wildman–Crippen LogP) is 1.88. The molecule has 2 fully saturated rings. The van der Waals surface area contributed by atoms with Crippen LogP contribution >= 0.6 is 0 Å². The van der Waals surface area contributed by atoms with E-state index in [1.165, 1.54) is 32.2 Å². The van der Waals surface area contributed by atoms with Crippen molar-refractivity contribution in [2.75, 3.05) is 33.3 Å². The molecule has 100 valence electrons. The van der Waals surface area contributed by atoms with Gasteiger partial charge in [0.25, 0.3) is 0 Å². The van der Waals surface area contributed by atoms with Crippen LogP contribution in [0.1, 0.15) is 39.0 Å². The molecule has 1 saturated heterocycles. The summed E-state index contributed by atoms with van der Waals surface area (Å²) in [5.74, 6) is 0.851. The van der Waals surface area contributed by atoms with Gasteiger partial charge in [0, 0.05) is 25.7 Å². The first-order valence-electron chi connectivity index (χ1n) is 7.34. The Balaban J connectivity index is 1.81. The zero-order chi connectivity index (χ0) is 12.1. The Morgan fingerprint density at radius 2 is 2.12 bits per heavy atom. The Morgan fingerprint density at radius 3 is 2.88 bits per heavy atom. The summed E-state index contributed by atoms with van der Waals surface area (Å²) in [7, 11) is 2.12. The lowest BCUT2D eigenvalue weighted by atomic mass is 9.84. The molecule has 3 heteroatoms. The Bertz CT molecular complexity index is 222. The monoisotopic (exact) mass is 240 g/mol. The summed E-state index contributed by atoms with van der Waals surface area (Å²) in [5, 5.41) is 3.51. The summed E-state index contributed by atoms with van der Waals surface area (Å²) in [4.78, 5) is 2.62. The molecule has 17 heavy (non-hydrogen) atoms. The van der Waals surface area contributed by atoms with Gasteiger partial charge in [0.15, 0.2) is 0 Å². The lowest BCUT2D eigenvalue weighted by Gasteiger charge is -2.38. The second-order valence-corrected chi connectivity index (χ2v) is 5.60. The molecule has 0 aromatic heterocycles. The van der Waals surface area contributed by atoms with E-state index in [1.807, 2.05) is 0 Å². The van der Waals surface area contributed by atoms with Crippen molar-refractivity contribution in [3.63, 3.8) is 0 Å². The van der Waals surface area contributed by atoms with E-state index in [2.05, 4.69) is 24.2 Å². The third-order valence-corrected chi connectivity index (χ3v) is 4.45. The molecule has 1 aliphatic heterocycles. The van der Waals surface area contributed by atoms with Gasteiger partial charge in [-0.1, -0.05) is 19.8 Å². The summed E-state index contributed by atoms with van der Waals surface area (Å²) in [5.41, 5.74) is 0. The molecule has 3 nitrogen and oxygen atoms in total. The van der Waals surface area contributed by atoms with E-state index in [-0.39, 0.29) is 0 Å². The number of nitrogens with zero attached hydrogens (tertiary/aromatic N) is 1. The van der Waals surface area contributed by atoms with Gasteiger partial charge in [-0.2, -0.15) is 0 Å². The molecule has 2 aliphatic rings. The van der Waals surface area contributed by atoms with E-state index < -0.39 is 0 Å². The first-order valence-corrected chi connectivity index (χ1v) is 7.34. The average Bonchev–Trinajstić information content (AvgIpc) is 2.39. The zero-order valence-electron chi connectivity index (χ0n) is 11.5. The fourth-order valence-corrected chi connectivity index (χ4v) is 3.33. The SMILES string of the molecule is CCC1CN(CC2CCCCC2NC)CCO1. The van der Waals surface area contributed by atoms with Crippen LogP contribution in [0.5, 0.6) is 0 Å². The molecule has 0 amide bonds. The average molecular weight is 240 g/mol. The molecule has 0 aromatic rings. The van der Waals surface area contributed by atoms with Gasteiger partial charge in [0.2, 0.25) is 0 Å². The molecular formula is C14H28N2O. The number of ether oxygens (including phenoxy) is 1. The van der Waals surface area contributed by atoms with Crippen molar-refractivity contribution in [2.45, 2.75) is 51.2 Å². The van der Waals surface area contributed by atoms with Gasteiger partial charge in [0.1, 0.15) is 0 Å². The van der Waals surface area contributed by atoms with Gasteiger partial charge in [-0.05, 0) is 32.2 Å². The summed E-state index contributed by atoms with van der Waals surface area (Å²) >= 11 is 0. The Morgan fingerprint density at radius 1 is 1.29 bits per heavy atom. The van der Waals surface area contributed by atoms with Crippen LogP contribution in [0.15, 0.2) is 0 Å². The number of rotatable bonds is 4. The quantitative estimate of drug-likeness (QED) is 0.812. The van der Waals surface area contributed by atoms with Gasteiger partial charge in [-0.25, -0.2) is 0 Å². The second-order valence-electron chi connectivity index (χ2n) is 5.60. The molecule has 1 aliphatic carbocycles. The number of hydrogen-bond acceptors (Lipinski definition) is 3. The van der Waals surface area contributed by atoms with Crippen LogP contribution in [0.4, 0.5) is 0 Å². The summed E-state index contributed by atoms with van der Waals surface area (Å²) in [6, 6.07) is 0.742. The van der Waals surface area contributed by atoms with Crippen LogP contribution < -0.4 is 5.32 Å². The topological polar surface area (TPSA) is 24.5 Å². The normalized spacial score (nSPS) is 36.0. The van der Waals surface area contributed by atoms with Crippen LogP contribution in [0, 0.1) is 5.92 Å². The van der Waals surface area contributed by atoms with Crippen LogP contribution in [-0.4, -0.2) is 50.3 Å². The van der Waals surface area contributed by atoms with Crippen molar-refractivity contribution < 1.29 is 4.74 Å². The standard InChI is InChI=1S/C14H28N2O/c1-3-13-11-16(8-9-17-13)10-12-6-4-5-7-14(12)15-2/h12-15H,3-11H2,1-2H3. The fraction of sp³-hybridized carbons (Fsp3) is 1.00. The third-order valence-electron chi connectivity index (χ3n) is 4.45. The summed E-state index contributed by atoms with van der Waals surface area (Å²) in [6.45, 7) is 6.69. The maximum absolute atomic E-state index is 5.74. The van der Waals surface area contributed by atoms with Gasteiger partial charge < -0.3 is 10.1 Å². The van der Waals surface area contributed by atoms with Crippen LogP contribution in [0.2, 0.25) is 0 Å². The van der Waals surface area contributed by atoms with E-state index in [4.69, 9.17) is 4.74 Å². The highest BCUT2D eigenvalue weighted by atomic mass is 16.5. The smallest absolute Gasteiger partial charge is 0.0700 e. The minimum atomic E-state index is 0.473. The maximum Gasteiger partial charge on any atom is 0.0700 e. The van der Waals surface area contributed by atoms with Gasteiger partial charge in [-0.15, -0.1) is 0 Å². The Hall–Kier alpha value is -0.120. The van der Waals surface area contributed by atoms with E-state index >= 15 is 0 Å². The summed E-state index contributed by atoms with van der Waals surface area (Å²) < 4.78 is 5.74. The molecule has 3 unspecified atom stereocenters. The highest BCUT2D eigenvalue weighted by molar-refractivity contribution is 4.83. The zero-order valence-corrected chi connectivity index (χ0v) is 11.5. The minimum Gasteiger partial charge on any atom is -0.376 e. The second kappa shape index (κ2) is 6.72. The number of morpholine rings is 1. The number of hydrogen-bond donors (Lipinski definition) is 1. The van der Waals surface area contributed by atoms with E-state index in [0.717, 1.165) is 38.1 Å². The highest BCUT2D eigenvalue weighted by Gasteiger charge is 2.27. The largest absolute Gasteiger partial charge is 0.376 e. The maximum atomic E-state index is 5.74. The lowest BCUT2D eigenvalue weighted by Crippen LogP contribution is -2.48. The van der Waals surface area contributed by atoms with E-state index in [9.17, 15) is 0 Å². The molecule has 1 N–H and O–H groups in total. The van der Waals surface area contributed by atoms with Crippen molar-refractivity contribution in [3.05, 3.63) is 0 Å². The Labute approximate surface area is 106 Å². The minimum absolute atomic E-state index is 0.473. The molecule has 0 radical (unpaired) electrons. The van der Waals surface area contributed by atoms with Crippen LogP contribution in [0.25, 0.3) is 0 Å². The molecule has 1 heterocycles. The molecule has 0 bridgehead atoms. The lowest BCUT2D eigenvalue weighted by molar-refractivity contribution is -0.0369. The van der Waals surface area contributed by atoms with Crippen molar-refractivity contribution in [3.8, 4) is 0 Å². The van der Waals surface area contributed by atoms with Crippen LogP contribution in [0.3, 0.4) is 0 Å². The highest BCUT2D eigenvalue weighted by Crippen LogP contribution is 2.25. The van der Waals surface area contributed by atoms with E-state index in [1.54, 1.807) is 0 Å². The summed E-state index contributed by atoms with van der Waals surface area (Å²) in [6.07, 6.45) is 7.21. The van der Waals surface area contributed by atoms with Crippen molar-refractivity contribution >= 4 is 0 Å². The first kappa shape index (κ1) is 13.3. The van der Waals surface area contributed by atoms with Crippen molar-refractivity contribution in [2.24, 2.45) is 5.92 Å². The number of nitrogens with one attached hydrogen (secondary N) is 1. The molecule has 1 saturated carbocycles. The van der Waals surface area contributed by atoms with Crippen molar-refractivity contribution in [1.29, 1.82) is 0 Å². The van der Waals surface area contributed by atoms with Gasteiger partial charge in [-0.3, -0.25) is 4.90 Å². The first-order chi connectivity index (χ1) is 8.33. The molecule has 0 aromatic carbocycles. The predicted molar refractivity (Wildman–Crippen MR) is 71.3 cm³/mol. The fourth-order valence-electron chi connectivity index (χ4n) is 3.33. The van der Waals surface area contributed by atoms with Crippen LogP contribution in [-0.2, 0) is 4.74 Å². The molecule has 2 rings (SSSR count). The van der Waals surface area contributed by atoms with Crippen molar-refractivity contribution in [1.82, 2.24) is 10.2 Å². The molecular weight excluding hydrogens is 212 g/mol. The van der Waals surface area contributed by atoms with E-state index in [0.29, 0.717) is 6.10 Å². The Kier molecular flexibility index (Phi) is 5.26.